The molecular weight excluding hydrogens is 384 g/mol. The predicted molar refractivity (Wildman–Crippen MR) is 125 cm³/mol. The monoisotopic (exact) mass is 418 g/mol. The first-order valence-electron chi connectivity index (χ1n) is 11.9. The fraction of sp³-hybridized carbons (Fsp3) is 0.577. The standard InChI is InChI=1S/C26H34N4O/c1-5-30-17(3)23(16(2)29-30)15-27-28-25-11-10-24-22-8-6-18-14-19(31)7-9-20(18)21(22)12-13-26(24,25)4/h7,9,14-15,21-22,24,31H,5-6,8,10-13H2,1-4H3/b27-15-,28-25-/t21-,22-,24-,26+/m1/s1. The number of rotatable bonds is 3. The van der Waals surface area contributed by atoms with Crippen LogP contribution in [0.5, 0.6) is 5.75 Å². The Labute approximate surface area is 185 Å². The molecule has 1 aromatic carbocycles. The van der Waals surface area contributed by atoms with Crippen molar-refractivity contribution in [1.82, 2.24) is 9.78 Å². The number of phenols is 1. The normalized spacial score (nSPS) is 31.1. The first kappa shape index (κ1) is 20.5. The highest BCUT2D eigenvalue weighted by molar-refractivity contribution is 5.93. The van der Waals surface area contributed by atoms with Crippen LogP contribution in [-0.4, -0.2) is 26.8 Å². The lowest BCUT2D eigenvalue weighted by Gasteiger charge is -2.49. The fourth-order valence-corrected chi connectivity index (χ4v) is 6.88. The van der Waals surface area contributed by atoms with E-state index in [9.17, 15) is 5.11 Å². The smallest absolute Gasteiger partial charge is 0.115 e. The molecule has 4 atom stereocenters. The number of benzene rings is 1. The van der Waals surface area contributed by atoms with Crippen LogP contribution in [0.3, 0.4) is 0 Å². The van der Waals surface area contributed by atoms with Gasteiger partial charge in [0, 0.05) is 28.9 Å². The van der Waals surface area contributed by atoms with Crippen molar-refractivity contribution in [3.05, 3.63) is 46.3 Å². The molecule has 0 amide bonds. The van der Waals surface area contributed by atoms with Gasteiger partial charge < -0.3 is 5.11 Å². The van der Waals surface area contributed by atoms with E-state index in [4.69, 9.17) is 5.10 Å². The van der Waals surface area contributed by atoms with Crippen LogP contribution < -0.4 is 0 Å². The number of aryl methyl sites for hydroxylation is 3. The van der Waals surface area contributed by atoms with Gasteiger partial charge in [-0.15, -0.1) is 0 Å². The van der Waals surface area contributed by atoms with Gasteiger partial charge in [0.05, 0.1) is 11.9 Å². The van der Waals surface area contributed by atoms with Crippen LogP contribution in [0.4, 0.5) is 0 Å². The molecule has 5 nitrogen and oxygen atoms in total. The van der Waals surface area contributed by atoms with Crippen LogP contribution in [-0.2, 0) is 13.0 Å². The molecule has 164 valence electrons. The van der Waals surface area contributed by atoms with E-state index in [1.54, 1.807) is 0 Å². The molecule has 31 heavy (non-hydrogen) atoms. The van der Waals surface area contributed by atoms with E-state index in [1.807, 2.05) is 30.0 Å². The minimum atomic E-state index is 0.171. The minimum Gasteiger partial charge on any atom is -0.508 e. The van der Waals surface area contributed by atoms with Crippen molar-refractivity contribution in [3.63, 3.8) is 0 Å². The predicted octanol–water partition coefficient (Wildman–Crippen LogP) is 5.56. The van der Waals surface area contributed by atoms with E-state index in [0.717, 1.165) is 42.3 Å². The quantitative estimate of drug-likeness (QED) is 0.524. The Morgan fingerprint density at radius 2 is 2.06 bits per heavy atom. The van der Waals surface area contributed by atoms with E-state index in [0.29, 0.717) is 17.6 Å². The third-order valence-corrected chi connectivity index (χ3v) is 8.55. The van der Waals surface area contributed by atoms with Crippen molar-refractivity contribution in [2.24, 2.45) is 27.5 Å². The van der Waals surface area contributed by atoms with Crippen molar-refractivity contribution in [1.29, 1.82) is 0 Å². The second-order valence-electron chi connectivity index (χ2n) is 9.98. The van der Waals surface area contributed by atoms with Gasteiger partial charge in [-0.3, -0.25) is 4.68 Å². The summed E-state index contributed by atoms with van der Waals surface area (Å²) in [6.45, 7) is 9.57. The Kier molecular flexibility index (Phi) is 5.03. The zero-order valence-corrected chi connectivity index (χ0v) is 19.2. The van der Waals surface area contributed by atoms with Crippen molar-refractivity contribution in [2.75, 3.05) is 0 Å². The van der Waals surface area contributed by atoms with Crippen LogP contribution in [0.2, 0.25) is 0 Å². The number of aromatic nitrogens is 2. The summed E-state index contributed by atoms with van der Waals surface area (Å²) >= 11 is 0. The molecule has 0 bridgehead atoms. The lowest BCUT2D eigenvalue weighted by Crippen LogP contribution is -2.42. The molecule has 1 heterocycles. The second kappa shape index (κ2) is 7.61. The molecule has 3 aliphatic carbocycles. The summed E-state index contributed by atoms with van der Waals surface area (Å²) < 4.78 is 2.03. The van der Waals surface area contributed by atoms with Crippen molar-refractivity contribution in [3.8, 4) is 5.75 Å². The van der Waals surface area contributed by atoms with Gasteiger partial charge in [0.25, 0.3) is 0 Å². The molecule has 5 rings (SSSR count). The van der Waals surface area contributed by atoms with Gasteiger partial charge in [-0.25, -0.2) is 0 Å². The Balaban J connectivity index is 1.38. The Morgan fingerprint density at radius 1 is 1.23 bits per heavy atom. The first-order valence-corrected chi connectivity index (χ1v) is 11.9. The number of hydrogen-bond acceptors (Lipinski definition) is 4. The fourth-order valence-electron chi connectivity index (χ4n) is 6.88. The van der Waals surface area contributed by atoms with E-state index >= 15 is 0 Å². The Hall–Kier alpha value is -2.43. The van der Waals surface area contributed by atoms with E-state index < -0.39 is 0 Å². The molecule has 0 saturated heterocycles. The molecule has 2 fully saturated rings. The molecule has 3 aliphatic rings. The summed E-state index contributed by atoms with van der Waals surface area (Å²) in [5, 5.41) is 23.8. The molecular formula is C26H34N4O. The van der Waals surface area contributed by atoms with Crippen molar-refractivity contribution in [2.45, 2.75) is 78.7 Å². The number of phenolic OH excluding ortho intramolecular Hbond substituents is 1. The zero-order chi connectivity index (χ0) is 21.8. The number of nitrogens with zero attached hydrogens (tertiary/aromatic N) is 4. The van der Waals surface area contributed by atoms with Gasteiger partial charge in [-0.2, -0.15) is 15.3 Å². The first-order chi connectivity index (χ1) is 14.9. The van der Waals surface area contributed by atoms with Gasteiger partial charge in [-0.1, -0.05) is 13.0 Å². The van der Waals surface area contributed by atoms with E-state index in [1.165, 1.54) is 42.5 Å². The lowest BCUT2D eigenvalue weighted by molar-refractivity contribution is 0.0955. The summed E-state index contributed by atoms with van der Waals surface area (Å²) in [6.07, 6.45) is 8.90. The highest BCUT2D eigenvalue weighted by Gasteiger charge is 2.53. The van der Waals surface area contributed by atoms with E-state index in [2.05, 4.69) is 37.0 Å². The van der Waals surface area contributed by atoms with Gasteiger partial charge in [0.15, 0.2) is 0 Å². The topological polar surface area (TPSA) is 62.8 Å². The summed E-state index contributed by atoms with van der Waals surface area (Å²) in [7, 11) is 0. The lowest BCUT2D eigenvalue weighted by atomic mass is 9.55. The van der Waals surface area contributed by atoms with Gasteiger partial charge in [0.1, 0.15) is 5.75 Å². The van der Waals surface area contributed by atoms with Gasteiger partial charge in [0.2, 0.25) is 0 Å². The van der Waals surface area contributed by atoms with Crippen LogP contribution in [0, 0.1) is 31.1 Å². The third kappa shape index (κ3) is 3.24. The van der Waals surface area contributed by atoms with Crippen LogP contribution in [0.25, 0.3) is 0 Å². The molecule has 0 spiro atoms. The molecule has 0 aliphatic heterocycles. The van der Waals surface area contributed by atoms with Gasteiger partial charge >= 0.3 is 0 Å². The number of fused-ring (bicyclic) bond motifs is 5. The number of aromatic hydroxyl groups is 1. The summed E-state index contributed by atoms with van der Waals surface area (Å²) in [5.41, 5.74) is 7.59. The highest BCUT2D eigenvalue weighted by Crippen LogP contribution is 2.60. The van der Waals surface area contributed by atoms with Crippen LogP contribution in [0.1, 0.15) is 79.9 Å². The van der Waals surface area contributed by atoms with Gasteiger partial charge in [-0.05, 0) is 100 Å². The maximum Gasteiger partial charge on any atom is 0.115 e. The highest BCUT2D eigenvalue weighted by atomic mass is 16.3. The average Bonchev–Trinajstić information content (AvgIpc) is 3.23. The zero-order valence-electron chi connectivity index (χ0n) is 19.2. The second-order valence-corrected chi connectivity index (χ2v) is 9.98. The third-order valence-electron chi connectivity index (χ3n) is 8.55. The summed E-state index contributed by atoms with van der Waals surface area (Å²) in [4.78, 5) is 0. The Morgan fingerprint density at radius 3 is 2.84 bits per heavy atom. The molecule has 0 radical (unpaired) electrons. The Bertz CT molecular complexity index is 1070. The maximum absolute atomic E-state index is 9.89. The molecule has 5 heteroatoms. The SMILES string of the molecule is CCn1nc(C)c(/C=N\N=C2\CC[C@@H]3[C@@H]4CCc5cc(O)ccc5[C@H]4CC[C@]23C)c1C. The van der Waals surface area contributed by atoms with E-state index in [-0.39, 0.29) is 5.41 Å². The largest absolute Gasteiger partial charge is 0.508 e. The molecule has 1 aromatic heterocycles. The van der Waals surface area contributed by atoms with Crippen LogP contribution >= 0.6 is 0 Å². The number of hydrogen-bond donors (Lipinski definition) is 1. The minimum absolute atomic E-state index is 0.171. The molecule has 2 aromatic rings. The van der Waals surface area contributed by atoms with Crippen molar-refractivity contribution >= 4 is 11.9 Å². The molecule has 2 saturated carbocycles. The van der Waals surface area contributed by atoms with Crippen LogP contribution in [0.15, 0.2) is 28.4 Å². The molecule has 0 unspecified atom stereocenters. The average molecular weight is 419 g/mol. The molecule has 1 N–H and O–H groups in total. The summed E-state index contributed by atoms with van der Waals surface area (Å²) in [5.74, 6) is 2.45. The maximum atomic E-state index is 9.89. The summed E-state index contributed by atoms with van der Waals surface area (Å²) in [6, 6.07) is 6.04. The van der Waals surface area contributed by atoms with Crippen molar-refractivity contribution < 1.29 is 5.11 Å².